The van der Waals surface area contributed by atoms with E-state index in [9.17, 15) is 28.3 Å². The first-order chi connectivity index (χ1) is 21.6. The minimum Gasteiger partial charge on any atom is -0.396 e. The second kappa shape index (κ2) is 13.6. The topological polar surface area (TPSA) is 127 Å². The number of aliphatic hydroxyl groups excluding tert-OH is 1. The van der Waals surface area contributed by atoms with Gasteiger partial charge in [-0.05, 0) is 55.3 Å². The molecule has 11 nitrogen and oxygen atoms in total. The van der Waals surface area contributed by atoms with Crippen LogP contribution >= 0.6 is 11.3 Å². The van der Waals surface area contributed by atoms with Crippen LogP contribution in [-0.2, 0) is 29.2 Å². The van der Waals surface area contributed by atoms with E-state index in [-0.39, 0.29) is 28.9 Å². The Morgan fingerprint density at radius 3 is 2.36 bits per heavy atom. The number of fused-ring (bicyclic) bond motifs is 1. The van der Waals surface area contributed by atoms with Gasteiger partial charge in [0.1, 0.15) is 16.5 Å². The third-order valence-electron chi connectivity index (χ3n) is 8.02. The summed E-state index contributed by atoms with van der Waals surface area (Å²) in [6.07, 6.45) is 1.30. The molecule has 2 aromatic carbocycles. The smallest absolute Gasteiger partial charge is 0.343 e. The van der Waals surface area contributed by atoms with E-state index in [1.165, 1.54) is 29.1 Å². The fourth-order valence-corrected chi connectivity index (χ4v) is 6.55. The van der Waals surface area contributed by atoms with Crippen LogP contribution in [0, 0.1) is 17.0 Å². The highest BCUT2D eigenvalue weighted by molar-refractivity contribution is 7.22. The Kier molecular flexibility index (Phi) is 9.79. The van der Waals surface area contributed by atoms with E-state index in [2.05, 4.69) is 15.6 Å². The molecule has 2 amide bonds. The minimum absolute atomic E-state index is 0.00903. The molecule has 0 unspecified atom stereocenters. The van der Waals surface area contributed by atoms with Crippen molar-refractivity contribution in [3.8, 4) is 10.4 Å². The van der Waals surface area contributed by atoms with Crippen molar-refractivity contribution < 1.29 is 28.3 Å². The van der Waals surface area contributed by atoms with E-state index in [0.29, 0.717) is 54.2 Å². The van der Waals surface area contributed by atoms with Crippen LogP contribution in [0.3, 0.4) is 0 Å². The number of nitrogens with zero attached hydrogens (tertiary/aromatic N) is 3. The summed E-state index contributed by atoms with van der Waals surface area (Å²) in [6.45, 7) is 0.664. The highest BCUT2D eigenvalue weighted by Crippen LogP contribution is 2.46. The van der Waals surface area contributed by atoms with E-state index in [1.807, 2.05) is 11.9 Å². The zero-order valence-electron chi connectivity index (χ0n) is 25.2. The molecule has 14 heteroatoms. The number of urea groups is 1. The van der Waals surface area contributed by atoms with Crippen LogP contribution < -0.4 is 22.0 Å². The number of anilines is 1. The summed E-state index contributed by atoms with van der Waals surface area (Å²) in [5.41, 5.74) is 1.90. The van der Waals surface area contributed by atoms with E-state index in [4.69, 9.17) is 4.74 Å². The Balaban J connectivity index is 1.73. The van der Waals surface area contributed by atoms with Gasteiger partial charge in [0.2, 0.25) is 0 Å². The summed E-state index contributed by atoms with van der Waals surface area (Å²) in [5, 5.41) is 12.9. The highest BCUT2D eigenvalue weighted by atomic mass is 32.1. The van der Waals surface area contributed by atoms with Gasteiger partial charge in [-0.2, -0.15) is 0 Å². The zero-order valence-corrected chi connectivity index (χ0v) is 26.0. The van der Waals surface area contributed by atoms with Gasteiger partial charge < -0.3 is 15.2 Å². The van der Waals surface area contributed by atoms with Gasteiger partial charge in [-0.3, -0.25) is 23.7 Å². The number of aliphatic hydroxyl groups is 1. The molecule has 1 aliphatic carbocycles. The third kappa shape index (κ3) is 6.84. The Labute approximate surface area is 261 Å². The van der Waals surface area contributed by atoms with Crippen molar-refractivity contribution in [1.82, 2.24) is 19.5 Å². The maximum atomic E-state index is 14.9. The molecular formula is C31H35F2N5O6S. The summed E-state index contributed by atoms with van der Waals surface area (Å²) >= 11 is 1.18. The Morgan fingerprint density at radius 2 is 1.76 bits per heavy atom. The molecule has 0 bridgehead atoms. The van der Waals surface area contributed by atoms with Crippen molar-refractivity contribution in [1.29, 1.82) is 0 Å². The number of carbonyl (C=O) groups is 1. The van der Waals surface area contributed by atoms with Gasteiger partial charge in [-0.15, -0.1) is 11.3 Å². The van der Waals surface area contributed by atoms with Crippen molar-refractivity contribution >= 4 is 33.3 Å². The SMILES string of the molecule is COCCN(C)Cc1c(-c2ccc(NC(=O)NOC)cc2)sc2c1c(=O)n(CC1(CO)CC1)c(=O)n2Cc1c(F)cccc1F. The van der Waals surface area contributed by atoms with E-state index < -0.39 is 40.9 Å². The largest absolute Gasteiger partial charge is 0.396 e. The lowest BCUT2D eigenvalue weighted by Gasteiger charge is -2.19. The lowest BCUT2D eigenvalue weighted by molar-refractivity contribution is 0.114. The summed E-state index contributed by atoms with van der Waals surface area (Å²) in [6, 6.07) is 9.86. The quantitative estimate of drug-likeness (QED) is 0.190. The first kappa shape index (κ1) is 32.4. The van der Waals surface area contributed by atoms with Gasteiger partial charge in [0, 0.05) is 48.3 Å². The number of likely N-dealkylation sites (N-methyl/N-ethyl adjacent to an activating group) is 1. The second-order valence-electron chi connectivity index (χ2n) is 11.3. The summed E-state index contributed by atoms with van der Waals surface area (Å²) in [5.74, 6) is -1.61. The second-order valence-corrected chi connectivity index (χ2v) is 12.3. The maximum Gasteiger partial charge on any atom is 0.343 e. The molecule has 5 rings (SSSR count). The molecule has 2 heterocycles. The van der Waals surface area contributed by atoms with Gasteiger partial charge in [-0.25, -0.2) is 23.9 Å². The molecular weight excluding hydrogens is 608 g/mol. The number of ether oxygens (including phenoxy) is 1. The predicted molar refractivity (Wildman–Crippen MR) is 167 cm³/mol. The summed E-state index contributed by atoms with van der Waals surface area (Å²) in [4.78, 5) is 47.7. The van der Waals surface area contributed by atoms with Crippen molar-refractivity contribution in [3.63, 3.8) is 0 Å². The number of rotatable bonds is 13. The molecule has 3 N–H and O–H groups in total. The fourth-order valence-electron chi connectivity index (χ4n) is 5.25. The van der Waals surface area contributed by atoms with Gasteiger partial charge in [0.25, 0.3) is 5.56 Å². The van der Waals surface area contributed by atoms with Crippen LogP contribution in [0.4, 0.5) is 19.3 Å². The molecule has 4 aromatic rings. The third-order valence-corrected chi connectivity index (χ3v) is 9.33. The minimum atomic E-state index is -0.807. The van der Waals surface area contributed by atoms with Crippen LogP contribution in [-0.4, -0.2) is 66.2 Å². The van der Waals surface area contributed by atoms with Gasteiger partial charge in [-0.1, -0.05) is 18.2 Å². The lowest BCUT2D eigenvalue weighted by atomic mass is 10.1. The molecule has 0 radical (unpaired) electrons. The number of hydroxylamine groups is 1. The zero-order chi connectivity index (χ0) is 32.3. The number of carbonyl (C=O) groups excluding carboxylic acids is 1. The molecule has 1 saturated carbocycles. The first-order valence-corrected chi connectivity index (χ1v) is 15.1. The number of hydrogen-bond acceptors (Lipinski definition) is 8. The highest BCUT2D eigenvalue weighted by Gasteiger charge is 2.43. The van der Waals surface area contributed by atoms with Crippen LogP contribution in [0.25, 0.3) is 20.7 Å². The fraction of sp³-hybridized carbons (Fsp3) is 0.387. The number of amides is 2. The monoisotopic (exact) mass is 643 g/mol. The lowest BCUT2D eigenvalue weighted by Crippen LogP contribution is -2.42. The number of aromatic nitrogens is 2. The van der Waals surface area contributed by atoms with E-state index in [0.717, 1.165) is 16.7 Å². The van der Waals surface area contributed by atoms with Gasteiger partial charge in [0.05, 0.1) is 32.3 Å². The molecule has 0 spiro atoms. The Bertz CT molecular complexity index is 1800. The average molecular weight is 644 g/mol. The number of thiophene rings is 1. The van der Waals surface area contributed by atoms with Crippen LogP contribution in [0.1, 0.15) is 24.0 Å². The first-order valence-electron chi connectivity index (χ1n) is 14.3. The molecule has 0 aliphatic heterocycles. The summed E-state index contributed by atoms with van der Waals surface area (Å²) in [7, 11) is 4.79. The standard InChI is InChI=1S/C31H35F2N5O6S/c1-36(13-14-43-2)15-22-25-27(40)38(17-31(18-39)11-12-31)30(42)37(16-21-23(32)5-4-6-24(21)33)28(25)45-26(22)19-7-9-20(10-8-19)34-29(41)35-44-3/h4-10,39H,11-18H2,1-3H3,(H2,34,35,41). The van der Waals surface area contributed by atoms with Crippen molar-refractivity contribution in [2.45, 2.75) is 32.5 Å². The van der Waals surface area contributed by atoms with Crippen molar-refractivity contribution in [2.24, 2.45) is 5.41 Å². The molecule has 240 valence electrons. The molecule has 0 atom stereocenters. The number of hydrogen-bond donors (Lipinski definition) is 3. The normalized spacial score (nSPS) is 13.8. The number of methoxy groups -OCH3 is 1. The van der Waals surface area contributed by atoms with Gasteiger partial charge >= 0.3 is 11.7 Å². The Hall–Kier alpha value is -3.95. The molecule has 1 aliphatic rings. The van der Waals surface area contributed by atoms with E-state index in [1.54, 1.807) is 31.4 Å². The number of halogens is 2. The van der Waals surface area contributed by atoms with Crippen LogP contribution in [0.15, 0.2) is 52.1 Å². The average Bonchev–Trinajstić information content (AvgIpc) is 3.71. The van der Waals surface area contributed by atoms with Gasteiger partial charge in [0.15, 0.2) is 0 Å². The molecule has 0 saturated heterocycles. The summed E-state index contributed by atoms with van der Waals surface area (Å²) < 4.78 is 37.4. The van der Waals surface area contributed by atoms with Crippen LogP contribution in [0.2, 0.25) is 0 Å². The van der Waals surface area contributed by atoms with Crippen LogP contribution in [0.5, 0.6) is 0 Å². The van der Waals surface area contributed by atoms with E-state index >= 15 is 0 Å². The Morgan fingerprint density at radius 1 is 1.07 bits per heavy atom. The number of benzene rings is 2. The molecule has 45 heavy (non-hydrogen) atoms. The molecule has 1 fully saturated rings. The van der Waals surface area contributed by atoms with Crippen molar-refractivity contribution in [3.05, 3.63) is 86.1 Å². The number of nitrogens with one attached hydrogen (secondary N) is 2. The molecule has 2 aromatic heterocycles. The van der Waals surface area contributed by atoms with Crippen molar-refractivity contribution in [2.75, 3.05) is 46.3 Å². The maximum absolute atomic E-state index is 14.9. The predicted octanol–water partition coefficient (Wildman–Crippen LogP) is 3.75.